The Morgan fingerprint density at radius 1 is 1.47 bits per heavy atom. The molecule has 0 amide bonds. The van der Waals surface area contributed by atoms with Gasteiger partial charge in [0.1, 0.15) is 6.54 Å². The Hall–Kier alpha value is -2.02. The number of nitriles is 1. The summed E-state index contributed by atoms with van der Waals surface area (Å²) in [6.07, 6.45) is 0.0367. The van der Waals surface area contributed by atoms with E-state index >= 15 is 0 Å². The van der Waals surface area contributed by atoms with Crippen molar-refractivity contribution in [1.82, 2.24) is 0 Å². The van der Waals surface area contributed by atoms with Crippen LogP contribution in [0, 0.1) is 25.2 Å². The third kappa shape index (κ3) is 3.80. The van der Waals surface area contributed by atoms with E-state index in [1.54, 1.807) is 4.90 Å². The predicted octanol–water partition coefficient (Wildman–Crippen LogP) is 2.11. The molecule has 4 heteroatoms. The maximum absolute atomic E-state index is 10.6. The van der Waals surface area contributed by atoms with Crippen LogP contribution in [0.4, 0.5) is 5.69 Å². The predicted molar refractivity (Wildman–Crippen MR) is 66.0 cm³/mol. The Bertz CT molecular complexity index is 449. The zero-order valence-corrected chi connectivity index (χ0v) is 10.1. The number of benzene rings is 1. The smallest absolute Gasteiger partial charge is 0.305 e. The van der Waals surface area contributed by atoms with E-state index in [0.29, 0.717) is 6.54 Å². The molecule has 0 aliphatic rings. The lowest BCUT2D eigenvalue weighted by Crippen LogP contribution is -2.27. The second-order valence-electron chi connectivity index (χ2n) is 4.01. The molecule has 1 aromatic rings. The first-order valence-corrected chi connectivity index (χ1v) is 5.45. The number of carboxylic acid groups (broad SMARTS) is 1. The first kappa shape index (κ1) is 13.0. The molecule has 0 saturated carbocycles. The van der Waals surface area contributed by atoms with Crippen LogP contribution in [0.25, 0.3) is 0 Å². The van der Waals surface area contributed by atoms with Gasteiger partial charge in [0.2, 0.25) is 0 Å². The molecule has 0 bridgehead atoms. The van der Waals surface area contributed by atoms with Crippen molar-refractivity contribution in [3.8, 4) is 6.07 Å². The number of hydrogen-bond donors (Lipinski definition) is 1. The van der Waals surface area contributed by atoms with Crippen LogP contribution in [0.1, 0.15) is 17.5 Å². The van der Waals surface area contributed by atoms with Gasteiger partial charge < -0.3 is 10.0 Å². The maximum Gasteiger partial charge on any atom is 0.305 e. The fourth-order valence-electron chi connectivity index (χ4n) is 1.76. The lowest BCUT2D eigenvalue weighted by Gasteiger charge is -2.23. The van der Waals surface area contributed by atoms with Crippen LogP contribution >= 0.6 is 0 Å². The fraction of sp³-hybridized carbons (Fsp3) is 0.385. The quantitative estimate of drug-likeness (QED) is 0.790. The first-order valence-electron chi connectivity index (χ1n) is 5.45. The molecule has 0 aliphatic heterocycles. The van der Waals surface area contributed by atoms with Crippen molar-refractivity contribution in [3.63, 3.8) is 0 Å². The lowest BCUT2D eigenvalue weighted by molar-refractivity contribution is -0.136. The van der Waals surface area contributed by atoms with Crippen LogP contribution in [0.15, 0.2) is 18.2 Å². The fourth-order valence-corrected chi connectivity index (χ4v) is 1.76. The highest BCUT2D eigenvalue weighted by Crippen LogP contribution is 2.21. The van der Waals surface area contributed by atoms with E-state index in [4.69, 9.17) is 10.4 Å². The number of hydrogen-bond acceptors (Lipinski definition) is 3. The summed E-state index contributed by atoms with van der Waals surface area (Å²) >= 11 is 0. The van der Waals surface area contributed by atoms with Crippen molar-refractivity contribution in [2.75, 3.05) is 18.0 Å². The largest absolute Gasteiger partial charge is 0.481 e. The minimum absolute atomic E-state index is 0.0367. The highest BCUT2D eigenvalue weighted by Gasteiger charge is 2.10. The van der Waals surface area contributed by atoms with Gasteiger partial charge >= 0.3 is 5.97 Å². The maximum atomic E-state index is 10.6. The van der Waals surface area contributed by atoms with Gasteiger partial charge in [-0.1, -0.05) is 17.7 Å². The SMILES string of the molecule is Cc1ccc(N(CC#N)CCC(=O)O)c(C)c1. The monoisotopic (exact) mass is 232 g/mol. The van der Waals surface area contributed by atoms with Crippen molar-refractivity contribution >= 4 is 11.7 Å². The summed E-state index contributed by atoms with van der Waals surface area (Å²) in [5.41, 5.74) is 3.14. The summed E-state index contributed by atoms with van der Waals surface area (Å²) in [6, 6.07) is 7.99. The molecule has 0 aliphatic carbocycles. The van der Waals surface area contributed by atoms with Gasteiger partial charge in [0.25, 0.3) is 0 Å². The molecule has 0 fully saturated rings. The lowest BCUT2D eigenvalue weighted by atomic mass is 10.1. The molecule has 90 valence electrons. The zero-order valence-electron chi connectivity index (χ0n) is 10.1. The average Bonchev–Trinajstić information content (AvgIpc) is 2.24. The second-order valence-corrected chi connectivity index (χ2v) is 4.01. The van der Waals surface area contributed by atoms with Gasteiger partial charge in [-0.25, -0.2) is 0 Å². The van der Waals surface area contributed by atoms with Gasteiger partial charge in [0, 0.05) is 12.2 Å². The highest BCUT2D eigenvalue weighted by atomic mass is 16.4. The summed E-state index contributed by atoms with van der Waals surface area (Å²) in [7, 11) is 0. The van der Waals surface area contributed by atoms with Gasteiger partial charge in [-0.2, -0.15) is 5.26 Å². The molecule has 0 heterocycles. The molecule has 0 aromatic heterocycles. The van der Waals surface area contributed by atoms with E-state index in [2.05, 4.69) is 6.07 Å². The average molecular weight is 232 g/mol. The minimum atomic E-state index is -0.849. The van der Waals surface area contributed by atoms with Crippen LogP contribution < -0.4 is 4.90 Å². The van der Waals surface area contributed by atoms with Gasteiger partial charge in [-0.3, -0.25) is 4.79 Å². The van der Waals surface area contributed by atoms with Crippen LogP contribution in [0.3, 0.4) is 0 Å². The third-order valence-corrected chi connectivity index (χ3v) is 2.55. The second kappa shape index (κ2) is 5.90. The molecule has 4 nitrogen and oxygen atoms in total. The number of anilines is 1. The van der Waals surface area contributed by atoms with E-state index in [0.717, 1.165) is 16.8 Å². The Balaban J connectivity index is 2.89. The van der Waals surface area contributed by atoms with Crippen LogP contribution in [-0.2, 0) is 4.79 Å². The van der Waals surface area contributed by atoms with Crippen LogP contribution in [0.5, 0.6) is 0 Å². The Labute approximate surface area is 101 Å². The molecule has 0 atom stereocenters. The van der Waals surface area contributed by atoms with E-state index in [-0.39, 0.29) is 13.0 Å². The zero-order chi connectivity index (χ0) is 12.8. The van der Waals surface area contributed by atoms with Crippen molar-refractivity contribution in [3.05, 3.63) is 29.3 Å². The number of rotatable bonds is 5. The molecule has 1 rings (SSSR count). The third-order valence-electron chi connectivity index (χ3n) is 2.55. The normalized spacial score (nSPS) is 9.71. The minimum Gasteiger partial charge on any atom is -0.481 e. The summed E-state index contributed by atoms with van der Waals surface area (Å²) in [5, 5.41) is 17.5. The molecule has 0 saturated heterocycles. The van der Waals surface area contributed by atoms with Crippen molar-refractivity contribution in [2.45, 2.75) is 20.3 Å². The number of carbonyl (C=O) groups is 1. The molecule has 17 heavy (non-hydrogen) atoms. The summed E-state index contributed by atoms with van der Waals surface area (Å²) in [6.45, 7) is 4.53. The molecule has 1 N–H and O–H groups in total. The Kier molecular flexibility index (Phi) is 4.53. The number of carboxylic acids is 1. The molecular weight excluding hydrogens is 216 g/mol. The Morgan fingerprint density at radius 2 is 2.18 bits per heavy atom. The molecule has 0 unspecified atom stereocenters. The van der Waals surface area contributed by atoms with Gasteiger partial charge in [0.05, 0.1) is 12.5 Å². The molecular formula is C13H16N2O2. The molecule has 0 spiro atoms. The van der Waals surface area contributed by atoms with E-state index < -0.39 is 5.97 Å². The number of aryl methyl sites for hydroxylation is 2. The topological polar surface area (TPSA) is 64.3 Å². The van der Waals surface area contributed by atoms with E-state index in [1.165, 1.54) is 0 Å². The van der Waals surface area contributed by atoms with Gasteiger partial charge in [-0.05, 0) is 25.5 Å². The summed E-state index contributed by atoms with van der Waals surface area (Å²) in [4.78, 5) is 12.4. The Morgan fingerprint density at radius 3 is 2.71 bits per heavy atom. The standard InChI is InChI=1S/C13H16N2O2/c1-10-3-4-12(11(2)9-10)15(8-6-14)7-5-13(16)17/h3-4,9H,5,7-8H2,1-2H3,(H,16,17). The van der Waals surface area contributed by atoms with Gasteiger partial charge in [-0.15, -0.1) is 0 Å². The van der Waals surface area contributed by atoms with E-state index in [9.17, 15) is 4.79 Å². The molecule has 1 aromatic carbocycles. The van der Waals surface area contributed by atoms with Crippen LogP contribution in [0.2, 0.25) is 0 Å². The van der Waals surface area contributed by atoms with Crippen molar-refractivity contribution in [1.29, 1.82) is 5.26 Å². The van der Waals surface area contributed by atoms with Gasteiger partial charge in [0.15, 0.2) is 0 Å². The molecule has 0 radical (unpaired) electrons. The number of nitrogens with zero attached hydrogens (tertiary/aromatic N) is 2. The van der Waals surface area contributed by atoms with Crippen molar-refractivity contribution < 1.29 is 9.90 Å². The van der Waals surface area contributed by atoms with E-state index in [1.807, 2.05) is 32.0 Å². The summed E-state index contributed by atoms with van der Waals surface area (Å²) in [5.74, 6) is -0.849. The van der Waals surface area contributed by atoms with Crippen LogP contribution in [-0.4, -0.2) is 24.2 Å². The highest BCUT2D eigenvalue weighted by molar-refractivity contribution is 5.68. The number of aliphatic carboxylic acids is 1. The van der Waals surface area contributed by atoms with Crippen molar-refractivity contribution in [2.24, 2.45) is 0 Å². The first-order chi connectivity index (χ1) is 8.04. The summed E-state index contributed by atoms with van der Waals surface area (Å²) < 4.78 is 0.